The molecule has 1 N–H and O–H groups in total. The first kappa shape index (κ1) is 18.4. The molecule has 1 fully saturated rings. The van der Waals surface area contributed by atoms with Gasteiger partial charge in [-0.1, -0.05) is 6.92 Å². The van der Waals surface area contributed by atoms with E-state index in [2.05, 4.69) is 37.5 Å². The molecule has 0 bridgehead atoms. The van der Waals surface area contributed by atoms with Crippen LogP contribution in [0.15, 0.2) is 27.6 Å². The van der Waals surface area contributed by atoms with Gasteiger partial charge in [0.15, 0.2) is 11.8 Å². The molecule has 0 atom stereocenters. The molecule has 0 spiro atoms. The molecule has 9 heteroatoms. The lowest BCUT2D eigenvalue weighted by atomic mass is 10.3. The zero-order valence-corrected chi connectivity index (χ0v) is 16.3. The summed E-state index contributed by atoms with van der Waals surface area (Å²) in [5.41, 5.74) is 0.988. The van der Waals surface area contributed by atoms with Crippen molar-refractivity contribution in [2.45, 2.75) is 19.9 Å². The third-order valence-electron chi connectivity index (χ3n) is 4.42. The quantitative estimate of drug-likeness (QED) is 0.626. The molecule has 2 aromatic rings. The van der Waals surface area contributed by atoms with Crippen molar-refractivity contribution >= 4 is 23.1 Å². The van der Waals surface area contributed by atoms with Crippen molar-refractivity contribution in [2.75, 3.05) is 38.1 Å². The Hall–Kier alpha value is -2.42. The Bertz CT molecular complexity index is 821. The lowest BCUT2D eigenvalue weighted by Gasteiger charge is -2.36. The topological polar surface area (TPSA) is 78.7 Å². The van der Waals surface area contributed by atoms with Crippen molar-refractivity contribution < 1.29 is 0 Å². The zero-order chi connectivity index (χ0) is 18.5. The summed E-state index contributed by atoms with van der Waals surface area (Å²) >= 11 is 1.69. The van der Waals surface area contributed by atoms with Crippen molar-refractivity contribution in [3.05, 3.63) is 38.8 Å². The second kappa shape index (κ2) is 8.31. The Balaban J connectivity index is 1.57. The highest BCUT2D eigenvalue weighted by Gasteiger charge is 2.22. The Labute approximate surface area is 157 Å². The number of nitrogens with zero attached hydrogens (tertiary/aromatic N) is 6. The molecule has 0 unspecified atom stereocenters. The van der Waals surface area contributed by atoms with Crippen molar-refractivity contribution in [3.8, 4) is 0 Å². The highest BCUT2D eigenvalue weighted by molar-refractivity contribution is 7.09. The number of aliphatic imine (C=N–C) groups is 1. The van der Waals surface area contributed by atoms with Crippen LogP contribution in [0.3, 0.4) is 0 Å². The molecule has 140 valence electrons. The van der Waals surface area contributed by atoms with E-state index in [-0.39, 0.29) is 5.56 Å². The van der Waals surface area contributed by atoms with Crippen LogP contribution in [0.4, 0.5) is 5.82 Å². The maximum Gasteiger partial charge on any atom is 0.293 e. The van der Waals surface area contributed by atoms with Gasteiger partial charge in [-0.3, -0.25) is 9.79 Å². The van der Waals surface area contributed by atoms with Crippen LogP contribution in [0.25, 0.3) is 0 Å². The van der Waals surface area contributed by atoms with Gasteiger partial charge in [0.25, 0.3) is 5.56 Å². The number of piperazine rings is 1. The van der Waals surface area contributed by atoms with Crippen molar-refractivity contribution in [3.63, 3.8) is 0 Å². The van der Waals surface area contributed by atoms with Crippen LogP contribution < -0.4 is 15.8 Å². The summed E-state index contributed by atoms with van der Waals surface area (Å²) in [6.07, 6.45) is 4.31. The first-order valence-corrected chi connectivity index (χ1v) is 9.65. The summed E-state index contributed by atoms with van der Waals surface area (Å²) in [4.78, 5) is 29.7. The zero-order valence-electron chi connectivity index (χ0n) is 15.5. The van der Waals surface area contributed by atoms with Gasteiger partial charge in [-0.05, 0) is 6.42 Å². The highest BCUT2D eigenvalue weighted by Crippen LogP contribution is 2.11. The number of hydrogen-bond donors (Lipinski definition) is 1. The van der Waals surface area contributed by atoms with Crippen LogP contribution in [-0.4, -0.2) is 58.6 Å². The van der Waals surface area contributed by atoms with Gasteiger partial charge in [0.2, 0.25) is 0 Å². The fourth-order valence-corrected chi connectivity index (χ4v) is 3.67. The highest BCUT2D eigenvalue weighted by atomic mass is 32.1. The van der Waals surface area contributed by atoms with Crippen molar-refractivity contribution in [2.24, 2.45) is 12.0 Å². The van der Waals surface area contributed by atoms with Crippen molar-refractivity contribution in [1.29, 1.82) is 0 Å². The first-order valence-electron chi connectivity index (χ1n) is 8.77. The van der Waals surface area contributed by atoms with E-state index in [9.17, 15) is 4.79 Å². The summed E-state index contributed by atoms with van der Waals surface area (Å²) in [6.45, 7) is 5.84. The van der Waals surface area contributed by atoms with Gasteiger partial charge in [-0.15, -0.1) is 11.3 Å². The fraction of sp³-hybridized carbons (Fsp3) is 0.529. The minimum absolute atomic E-state index is 0.0567. The minimum Gasteiger partial charge on any atom is -0.351 e. The van der Waals surface area contributed by atoms with E-state index < -0.39 is 0 Å². The standard InChI is InChI=1S/C17H25N7OS/c1-4-14-21-13(12-26-14)11-20-17(18-2)24-9-7-23(8-10-24)15-16(25)22(3)6-5-19-15/h5-6,12H,4,7-11H2,1-3H3,(H,18,20). The van der Waals surface area contributed by atoms with E-state index in [1.165, 1.54) is 0 Å². The van der Waals surface area contributed by atoms with Gasteiger partial charge < -0.3 is 19.7 Å². The molecule has 26 heavy (non-hydrogen) atoms. The number of thiazole rings is 1. The SMILES string of the molecule is CCc1nc(CNC(=NC)N2CCN(c3nccn(C)c3=O)CC2)cs1. The third-order valence-corrected chi connectivity index (χ3v) is 5.46. The molecule has 3 heterocycles. The number of aromatic nitrogens is 3. The Kier molecular flexibility index (Phi) is 5.87. The normalized spacial score (nSPS) is 15.4. The van der Waals surface area contributed by atoms with E-state index in [1.807, 2.05) is 4.90 Å². The molecule has 0 radical (unpaired) electrons. The second-order valence-electron chi connectivity index (χ2n) is 6.13. The molecule has 2 aromatic heterocycles. The lowest BCUT2D eigenvalue weighted by Crippen LogP contribution is -2.53. The average molecular weight is 376 g/mol. The van der Waals surface area contributed by atoms with Crippen molar-refractivity contribution in [1.82, 2.24) is 24.8 Å². The van der Waals surface area contributed by atoms with Gasteiger partial charge in [-0.2, -0.15) is 0 Å². The number of anilines is 1. The molecule has 1 aliphatic rings. The number of hydrogen-bond acceptors (Lipinski definition) is 6. The minimum atomic E-state index is -0.0567. The summed E-state index contributed by atoms with van der Waals surface area (Å²) in [7, 11) is 3.54. The fourth-order valence-electron chi connectivity index (χ4n) is 2.93. The smallest absolute Gasteiger partial charge is 0.293 e. The van der Waals surface area contributed by atoms with Gasteiger partial charge in [0.1, 0.15) is 0 Å². The molecule has 0 saturated carbocycles. The largest absolute Gasteiger partial charge is 0.351 e. The van der Waals surface area contributed by atoms with E-state index in [0.717, 1.165) is 49.3 Å². The Morgan fingerprint density at radius 3 is 2.77 bits per heavy atom. The first-order chi connectivity index (χ1) is 12.6. The number of aryl methyl sites for hydroxylation is 2. The van der Waals surface area contributed by atoms with Crippen LogP contribution in [0.5, 0.6) is 0 Å². The Morgan fingerprint density at radius 2 is 2.12 bits per heavy atom. The van der Waals surface area contributed by atoms with Crippen LogP contribution in [0.2, 0.25) is 0 Å². The number of rotatable bonds is 4. The summed E-state index contributed by atoms with van der Waals surface area (Å²) < 4.78 is 1.56. The third kappa shape index (κ3) is 4.04. The summed E-state index contributed by atoms with van der Waals surface area (Å²) in [5.74, 6) is 1.39. The van der Waals surface area contributed by atoms with Gasteiger partial charge >= 0.3 is 0 Å². The Morgan fingerprint density at radius 1 is 1.35 bits per heavy atom. The summed E-state index contributed by atoms with van der Waals surface area (Å²) in [5, 5.41) is 6.63. The molecule has 1 aliphatic heterocycles. The van der Waals surface area contributed by atoms with E-state index in [4.69, 9.17) is 0 Å². The monoisotopic (exact) mass is 375 g/mol. The van der Waals surface area contributed by atoms with Crippen LogP contribution in [-0.2, 0) is 20.0 Å². The van der Waals surface area contributed by atoms with E-state index in [0.29, 0.717) is 12.4 Å². The maximum atomic E-state index is 12.2. The number of guanidine groups is 1. The second-order valence-corrected chi connectivity index (χ2v) is 7.07. The molecular weight excluding hydrogens is 350 g/mol. The molecule has 3 rings (SSSR count). The van der Waals surface area contributed by atoms with E-state index in [1.54, 1.807) is 42.4 Å². The molecule has 0 aliphatic carbocycles. The van der Waals surface area contributed by atoms with Crippen LogP contribution in [0, 0.1) is 0 Å². The van der Waals surface area contributed by atoms with Gasteiger partial charge in [-0.25, -0.2) is 9.97 Å². The summed E-state index contributed by atoms with van der Waals surface area (Å²) in [6, 6.07) is 0. The molecule has 8 nitrogen and oxygen atoms in total. The molecule has 0 aromatic carbocycles. The predicted molar refractivity (Wildman–Crippen MR) is 105 cm³/mol. The van der Waals surface area contributed by atoms with Crippen LogP contribution >= 0.6 is 11.3 Å². The van der Waals surface area contributed by atoms with Crippen LogP contribution in [0.1, 0.15) is 17.6 Å². The van der Waals surface area contributed by atoms with E-state index >= 15 is 0 Å². The number of nitrogens with one attached hydrogen (secondary N) is 1. The lowest BCUT2D eigenvalue weighted by molar-refractivity contribution is 0.370. The van der Waals surface area contributed by atoms with Gasteiger partial charge in [0, 0.05) is 58.0 Å². The average Bonchev–Trinajstić information content (AvgIpc) is 3.13. The van der Waals surface area contributed by atoms with Gasteiger partial charge in [0.05, 0.1) is 17.2 Å². The molecule has 0 amide bonds. The maximum absolute atomic E-state index is 12.2. The molecule has 1 saturated heterocycles. The predicted octanol–water partition coefficient (Wildman–Crippen LogP) is 0.697. The molecular formula is C17H25N7OS.